The Labute approximate surface area is 134 Å². The Balaban J connectivity index is 1.73. The molecule has 0 saturated carbocycles. The number of carbonyl (C=O) groups excluding carboxylic acids is 1. The largest absolute Gasteiger partial charge is 0.448 e. The molecule has 23 heavy (non-hydrogen) atoms. The van der Waals surface area contributed by atoms with Crippen LogP contribution in [0.2, 0.25) is 0 Å². The van der Waals surface area contributed by atoms with Crippen molar-refractivity contribution in [2.24, 2.45) is 0 Å². The summed E-state index contributed by atoms with van der Waals surface area (Å²) in [6.07, 6.45) is 2.15. The highest BCUT2D eigenvalue weighted by Crippen LogP contribution is 2.27. The van der Waals surface area contributed by atoms with E-state index >= 15 is 0 Å². The zero-order chi connectivity index (χ0) is 16.2. The van der Waals surface area contributed by atoms with Crippen molar-refractivity contribution in [2.75, 3.05) is 31.6 Å². The Morgan fingerprint density at radius 2 is 2.35 bits per heavy atom. The summed E-state index contributed by atoms with van der Waals surface area (Å²) in [6, 6.07) is 8.12. The number of nitrogens with zero attached hydrogens (tertiary/aromatic N) is 3. The second kappa shape index (κ2) is 6.53. The zero-order valence-corrected chi connectivity index (χ0v) is 13.0. The van der Waals surface area contributed by atoms with E-state index < -0.39 is 0 Å². The third kappa shape index (κ3) is 3.04. The Morgan fingerprint density at radius 1 is 1.48 bits per heavy atom. The van der Waals surface area contributed by atoms with Crippen molar-refractivity contribution in [1.82, 2.24) is 9.88 Å². The molecule has 0 unspecified atom stereocenters. The number of ether oxygens (including phenoxy) is 1. The number of carbonyl (C=O) groups is 1. The summed E-state index contributed by atoms with van der Waals surface area (Å²) >= 11 is 0. The van der Waals surface area contributed by atoms with Crippen molar-refractivity contribution in [3.05, 3.63) is 35.5 Å². The van der Waals surface area contributed by atoms with Crippen LogP contribution in [0.3, 0.4) is 0 Å². The average molecular weight is 310 g/mol. The van der Waals surface area contributed by atoms with E-state index in [0.29, 0.717) is 31.8 Å². The number of hydrogen-bond acceptors (Lipinski definition) is 5. The monoisotopic (exact) mass is 310 g/mol. The third-order valence-corrected chi connectivity index (χ3v) is 3.97. The summed E-state index contributed by atoms with van der Waals surface area (Å²) in [6.45, 7) is 4.45. The molecule has 6 nitrogen and oxygen atoms in total. The predicted molar refractivity (Wildman–Crippen MR) is 87.2 cm³/mol. The number of aryl methyl sites for hydroxylation is 1. The molecule has 1 N–H and O–H groups in total. The summed E-state index contributed by atoms with van der Waals surface area (Å²) < 4.78 is 4.90. The van der Waals surface area contributed by atoms with Gasteiger partial charge in [0.1, 0.15) is 12.7 Å². The SMILES string of the molecule is Cc1cccc2c(NCCCN3CCOC3=O)c(C#N)cnc12. The number of para-hydroxylation sites is 1. The van der Waals surface area contributed by atoms with Gasteiger partial charge in [-0.05, 0) is 18.9 Å². The van der Waals surface area contributed by atoms with Gasteiger partial charge in [-0.25, -0.2) is 4.79 Å². The minimum absolute atomic E-state index is 0.243. The summed E-state index contributed by atoms with van der Waals surface area (Å²) in [5.41, 5.74) is 3.32. The first-order valence-electron chi connectivity index (χ1n) is 7.64. The van der Waals surface area contributed by atoms with Crippen LogP contribution in [0.4, 0.5) is 10.5 Å². The van der Waals surface area contributed by atoms with Crippen LogP contribution in [0.5, 0.6) is 0 Å². The quantitative estimate of drug-likeness (QED) is 0.859. The van der Waals surface area contributed by atoms with Crippen LogP contribution in [-0.2, 0) is 4.74 Å². The van der Waals surface area contributed by atoms with E-state index in [-0.39, 0.29) is 6.09 Å². The lowest BCUT2D eigenvalue weighted by atomic mass is 10.1. The number of pyridine rings is 1. The number of rotatable bonds is 5. The highest BCUT2D eigenvalue weighted by molar-refractivity contribution is 5.95. The van der Waals surface area contributed by atoms with Gasteiger partial charge < -0.3 is 15.0 Å². The first kappa shape index (κ1) is 15.1. The second-order valence-corrected chi connectivity index (χ2v) is 5.51. The minimum atomic E-state index is -0.243. The smallest absolute Gasteiger partial charge is 0.409 e. The van der Waals surface area contributed by atoms with Gasteiger partial charge in [0, 0.05) is 24.7 Å². The van der Waals surface area contributed by atoms with Gasteiger partial charge in [0.2, 0.25) is 0 Å². The molecule has 0 spiro atoms. The fourth-order valence-electron chi connectivity index (χ4n) is 2.76. The molecule has 1 aliphatic rings. The van der Waals surface area contributed by atoms with Gasteiger partial charge in [0.15, 0.2) is 0 Å². The lowest BCUT2D eigenvalue weighted by Crippen LogP contribution is -2.26. The molecule has 2 heterocycles. The Morgan fingerprint density at radius 3 is 3.09 bits per heavy atom. The first-order valence-corrected chi connectivity index (χ1v) is 7.64. The van der Waals surface area contributed by atoms with E-state index in [1.54, 1.807) is 11.1 Å². The maximum atomic E-state index is 11.4. The van der Waals surface area contributed by atoms with Crippen LogP contribution < -0.4 is 5.32 Å². The molecule has 0 radical (unpaired) electrons. The number of aromatic nitrogens is 1. The zero-order valence-electron chi connectivity index (χ0n) is 13.0. The molecule has 0 aliphatic carbocycles. The fraction of sp³-hybridized carbons (Fsp3) is 0.353. The molecule has 0 atom stereocenters. The predicted octanol–water partition coefficient (Wildman–Crippen LogP) is 2.67. The van der Waals surface area contributed by atoms with E-state index in [9.17, 15) is 10.1 Å². The number of anilines is 1. The molecule has 1 aromatic carbocycles. The molecule has 118 valence electrons. The number of fused-ring (bicyclic) bond motifs is 1. The minimum Gasteiger partial charge on any atom is -0.448 e. The molecule has 1 amide bonds. The van der Waals surface area contributed by atoms with E-state index in [2.05, 4.69) is 16.4 Å². The van der Waals surface area contributed by atoms with Crippen LogP contribution in [0.25, 0.3) is 10.9 Å². The number of benzene rings is 1. The number of nitrogens with one attached hydrogen (secondary N) is 1. The van der Waals surface area contributed by atoms with Crippen LogP contribution in [0.15, 0.2) is 24.4 Å². The summed E-state index contributed by atoms with van der Waals surface area (Å²) in [4.78, 5) is 17.5. The Kier molecular flexibility index (Phi) is 4.29. The highest BCUT2D eigenvalue weighted by atomic mass is 16.6. The van der Waals surface area contributed by atoms with E-state index in [1.807, 2.05) is 25.1 Å². The van der Waals surface area contributed by atoms with E-state index in [4.69, 9.17) is 4.74 Å². The Hall–Kier alpha value is -2.81. The normalized spacial score (nSPS) is 13.9. The molecular formula is C17H18N4O2. The molecular weight excluding hydrogens is 292 g/mol. The highest BCUT2D eigenvalue weighted by Gasteiger charge is 2.20. The van der Waals surface area contributed by atoms with Crippen LogP contribution in [0, 0.1) is 18.3 Å². The molecule has 2 aromatic rings. The number of amides is 1. The lowest BCUT2D eigenvalue weighted by Gasteiger charge is -2.15. The standard InChI is InChI=1S/C17H18N4O2/c1-12-4-2-5-14-15(12)20-11-13(10-18)16(14)19-6-3-7-21-8-9-23-17(21)22/h2,4-5,11H,3,6-9H2,1H3,(H,19,20). The fourth-order valence-corrected chi connectivity index (χ4v) is 2.76. The topological polar surface area (TPSA) is 78.2 Å². The molecule has 6 heteroatoms. The molecule has 1 aromatic heterocycles. The van der Waals surface area contributed by atoms with Gasteiger partial charge >= 0.3 is 6.09 Å². The van der Waals surface area contributed by atoms with Crippen molar-refractivity contribution in [1.29, 1.82) is 5.26 Å². The summed E-state index contributed by atoms with van der Waals surface area (Å²) in [5, 5.41) is 13.6. The van der Waals surface area contributed by atoms with Crippen LogP contribution in [-0.4, -0.2) is 42.2 Å². The van der Waals surface area contributed by atoms with Gasteiger partial charge in [-0.15, -0.1) is 0 Å². The van der Waals surface area contributed by atoms with E-state index in [1.165, 1.54) is 0 Å². The third-order valence-electron chi connectivity index (χ3n) is 3.97. The summed E-state index contributed by atoms with van der Waals surface area (Å²) in [5.74, 6) is 0. The van der Waals surface area contributed by atoms with Crippen molar-refractivity contribution in [3.8, 4) is 6.07 Å². The van der Waals surface area contributed by atoms with Crippen LogP contribution in [0.1, 0.15) is 17.5 Å². The molecule has 1 aliphatic heterocycles. The number of nitriles is 1. The van der Waals surface area contributed by atoms with Gasteiger partial charge in [-0.3, -0.25) is 4.98 Å². The van der Waals surface area contributed by atoms with Gasteiger partial charge in [0.25, 0.3) is 0 Å². The van der Waals surface area contributed by atoms with Crippen molar-refractivity contribution in [2.45, 2.75) is 13.3 Å². The maximum Gasteiger partial charge on any atom is 0.409 e. The molecule has 3 rings (SSSR count). The van der Waals surface area contributed by atoms with Gasteiger partial charge in [0.05, 0.1) is 23.3 Å². The summed E-state index contributed by atoms with van der Waals surface area (Å²) in [7, 11) is 0. The molecule has 1 saturated heterocycles. The number of hydrogen-bond donors (Lipinski definition) is 1. The Bertz CT molecular complexity index is 782. The average Bonchev–Trinajstić information content (AvgIpc) is 2.97. The van der Waals surface area contributed by atoms with Crippen molar-refractivity contribution >= 4 is 22.7 Å². The van der Waals surface area contributed by atoms with Crippen molar-refractivity contribution < 1.29 is 9.53 Å². The van der Waals surface area contributed by atoms with Crippen molar-refractivity contribution in [3.63, 3.8) is 0 Å². The maximum absolute atomic E-state index is 11.4. The first-order chi connectivity index (χ1) is 11.2. The molecule has 0 bridgehead atoms. The number of cyclic esters (lactones) is 1. The van der Waals surface area contributed by atoms with E-state index in [0.717, 1.165) is 28.6 Å². The lowest BCUT2D eigenvalue weighted by molar-refractivity contribution is 0.158. The van der Waals surface area contributed by atoms with Gasteiger partial charge in [-0.1, -0.05) is 18.2 Å². The second-order valence-electron chi connectivity index (χ2n) is 5.51. The van der Waals surface area contributed by atoms with Gasteiger partial charge in [-0.2, -0.15) is 5.26 Å². The van der Waals surface area contributed by atoms with Crippen LogP contribution >= 0.6 is 0 Å². The molecule has 1 fully saturated rings.